The predicted molar refractivity (Wildman–Crippen MR) is 196 cm³/mol. The second-order valence-corrected chi connectivity index (χ2v) is 15.5. The van der Waals surface area contributed by atoms with E-state index in [1.807, 2.05) is 12.1 Å². The molecule has 5 amide bonds. The van der Waals surface area contributed by atoms with E-state index in [0.29, 0.717) is 41.8 Å². The number of rotatable bonds is 9. The summed E-state index contributed by atoms with van der Waals surface area (Å²) < 4.78 is 10.1. The third kappa shape index (κ3) is 6.09. The molecule has 6 aliphatic rings. The van der Waals surface area contributed by atoms with Gasteiger partial charge in [0.1, 0.15) is 17.7 Å². The van der Waals surface area contributed by atoms with Gasteiger partial charge >= 0.3 is 0 Å². The Morgan fingerprint density at radius 1 is 0.982 bits per heavy atom. The molecule has 3 aromatic heterocycles. The van der Waals surface area contributed by atoms with Crippen LogP contribution in [0.5, 0.6) is 0 Å². The first kappa shape index (κ1) is 33.8. The Morgan fingerprint density at radius 2 is 1.80 bits per heavy atom. The smallest absolute Gasteiger partial charge is 0.262 e. The number of hydrogen-bond acceptors (Lipinski definition) is 11. The lowest BCUT2D eigenvalue weighted by atomic mass is 9.98. The van der Waals surface area contributed by atoms with Gasteiger partial charge in [-0.3, -0.25) is 43.8 Å². The Balaban J connectivity index is 0.768. The lowest BCUT2D eigenvalue weighted by Crippen LogP contribution is -2.61. The van der Waals surface area contributed by atoms with Crippen LogP contribution >= 0.6 is 0 Å². The summed E-state index contributed by atoms with van der Waals surface area (Å²) in [5.74, 6) is -1.68. The second-order valence-electron chi connectivity index (χ2n) is 15.5. The van der Waals surface area contributed by atoms with E-state index < -0.39 is 29.7 Å². The number of hydrogen-bond donors (Lipinski definition) is 2. The van der Waals surface area contributed by atoms with Crippen LogP contribution in [0.1, 0.15) is 86.9 Å². The Bertz CT molecular complexity index is 2300. The SMILES string of the molecule is O=C1CCC(N2C(=O)c3ccc(N4CC(N5CCC(n6cc7c(n6)CC(OCC6CC6)C(NC(=O)c6cnn8cccnc68)=C7)CC5)C4)cc3C2=O)C(=O)N1. The maximum atomic E-state index is 13.4. The number of aromatic nitrogens is 5. The summed E-state index contributed by atoms with van der Waals surface area (Å²) in [6.07, 6.45) is 13.8. The zero-order valence-corrected chi connectivity index (χ0v) is 30.1. The van der Waals surface area contributed by atoms with Gasteiger partial charge < -0.3 is 15.0 Å². The summed E-state index contributed by atoms with van der Waals surface area (Å²) >= 11 is 0. The van der Waals surface area contributed by atoms with Crippen molar-refractivity contribution in [2.24, 2.45) is 5.92 Å². The summed E-state index contributed by atoms with van der Waals surface area (Å²) in [6.45, 7) is 4.15. The topological polar surface area (TPSA) is 176 Å². The maximum Gasteiger partial charge on any atom is 0.262 e. The highest BCUT2D eigenvalue weighted by atomic mass is 16.5. The first-order chi connectivity index (χ1) is 26.8. The molecule has 7 heterocycles. The van der Waals surface area contributed by atoms with Gasteiger partial charge in [-0.2, -0.15) is 10.2 Å². The van der Waals surface area contributed by atoms with Gasteiger partial charge in [0.05, 0.1) is 35.7 Å². The monoisotopic (exact) mass is 744 g/mol. The van der Waals surface area contributed by atoms with Crippen molar-refractivity contribution in [1.29, 1.82) is 0 Å². The van der Waals surface area contributed by atoms with Crippen LogP contribution in [-0.4, -0.2) is 115 Å². The van der Waals surface area contributed by atoms with Crippen LogP contribution in [0.2, 0.25) is 0 Å². The Hall–Kier alpha value is -5.74. The van der Waals surface area contributed by atoms with Crippen LogP contribution in [0.15, 0.2) is 54.7 Å². The van der Waals surface area contributed by atoms with E-state index in [0.717, 1.165) is 66.6 Å². The van der Waals surface area contributed by atoms with Crippen LogP contribution in [0.25, 0.3) is 11.7 Å². The minimum atomic E-state index is -0.977. The Labute approximate surface area is 315 Å². The molecule has 55 heavy (non-hydrogen) atoms. The summed E-state index contributed by atoms with van der Waals surface area (Å²) in [6, 6.07) is 6.72. The summed E-state index contributed by atoms with van der Waals surface area (Å²) in [5.41, 5.74) is 5.06. The lowest BCUT2D eigenvalue weighted by Gasteiger charge is -2.48. The molecule has 0 radical (unpaired) electrons. The number of imide groups is 2. The van der Waals surface area contributed by atoms with Crippen LogP contribution in [0, 0.1) is 5.92 Å². The maximum absolute atomic E-state index is 13.4. The average molecular weight is 745 g/mol. The fourth-order valence-corrected chi connectivity index (χ4v) is 8.51. The van der Waals surface area contributed by atoms with Crippen molar-refractivity contribution in [2.45, 2.75) is 69.2 Å². The molecule has 4 aromatic rings. The molecule has 282 valence electrons. The van der Waals surface area contributed by atoms with Gasteiger partial charge in [-0.25, -0.2) is 9.50 Å². The standard InChI is InChI=1S/C39H40N10O6/c50-34-7-6-32(37(52)43-34)49-38(53)27-5-4-25(15-28(27)39(49)54)46-19-26(20-46)45-12-8-24(9-13-45)48-18-23-14-31(33(16-30(23)44-48)55-21-22-2-3-22)42-36(51)29-17-41-47-11-1-10-40-35(29)47/h1,4-5,10-11,14-15,17-18,22,24,26,32-33H,2-3,6-9,12-13,16,19-21H2,(H,42,51)(H,43,50,52). The first-order valence-corrected chi connectivity index (χ1v) is 19.1. The number of fused-ring (bicyclic) bond motifs is 3. The number of piperidine rings is 2. The van der Waals surface area contributed by atoms with E-state index in [4.69, 9.17) is 9.84 Å². The molecule has 2 N–H and O–H groups in total. The molecule has 4 fully saturated rings. The highest BCUT2D eigenvalue weighted by Crippen LogP contribution is 2.35. The molecule has 2 aliphatic carbocycles. The van der Waals surface area contributed by atoms with Gasteiger partial charge in [-0.15, -0.1) is 0 Å². The molecule has 4 aliphatic heterocycles. The number of amides is 5. The zero-order valence-electron chi connectivity index (χ0n) is 30.1. The van der Waals surface area contributed by atoms with Crippen molar-refractivity contribution in [3.05, 3.63) is 82.7 Å². The third-order valence-corrected chi connectivity index (χ3v) is 11.9. The molecule has 2 unspecified atom stereocenters. The summed E-state index contributed by atoms with van der Waals surface area (Å²) in [7, 11) is 0. The molecule has 10 rings (SSSR count). The van der Waals surface area contributed by atoms with Gasteiger partial charge in [0.15, 0.2) is 5.65 Å². The summed E-state index contributed by atoms with van der Waals surface area (Å²) in [5, 5.41) is 14.7. The van der Waals surface area contributed by atoms with Crippen LogP contribution in [-0.2, 0) is 20.7 Å². The molecule has 1 aromatic carbocycles. The minimum absolute atomic E-state index is 0.0887. The first-order valence-electron chi connectivity index (χ1n) is 19.1. The number of nitrogens with one attached hydrogen (secondary N) is 2. The van der Waals surface area contributed by atoms with Crippen molar-refractivity contribution in [3.8, 4) is 0 Å². The average Bonchev–Trinajstić information content (AvgIpc) is 3.66. The Morgan fingerprint density at radius 3 is 2.60 bits per heavy atom. The molecular formula is C39H40N10O6. The van der Waals surface area contributed by atoms with E-state index in [2.05, 4.69) is 41.4 Å². The van der Waals surface area contributed by atoms with E-state index in [1.54, 1.807) is 35.1 Å². The van der Waals surface area contributed by atoms with E-state index in [1.165, 1.54) is 19.0 Å². The second kappa shape index (κ2) is 13.2. The van der Waals surface area contributed by atoms with Crippen molar-refractivity contribution in [1.82, 2.24) is 44.8 Å². The van der Waals surface area contributed by atoms with Crippen LogP contribution in [0.3, 0.4) is 0 Å². The Kier molecular flexibility index (Phi) is 8.13. The molecule has 2 atom stereocenters. The number of carbonyl (C=O) groups is 5. The van der Waals surface area contributed by atoms with Gasteiger partial charge in [-0.05, 0) is 68.4 Å². The lowest BCUT2D eigenvalue weighted by molar-refractivity contribution is -0.136. The van der Waals surface area contributed by atoms with Gasteiger partial charge in [-0.1, -0.05) is 0 Å². The highest BCUT2D eigenvalue weighted by molar-refractivity contribution is 6.23. The fraction of sp³-hybridized carbons (Fsp3) is 0.436. The third-order valence-electron chi connectivity index (χ3n) is 11.9. The molecule has 0 bridgehead atoms. The molecular weight excluding hydrogens is 704 g/mol. The van der Waals surface area contributed by atoms with Crippen molar-refractivity contribution in [3.63, 3.8) is 0 Å². The highest BCUT2D eigenvalue weighted by Gasteiger charge is 2.45. The van der Waals surface area contributed by atoms with Crippen LogP contribution in [0.4, 0.5) is 5.69 Å². The van der Waals surface area contributed by atoms with Crippen molar-refractivity contribution in [2.75, 3.05) is 37.7 Å². The molecule has 3 saturated heterocycles. The minimum Gasteiger partial charge on any atom is -0.371 e. The largest absolute Gasteiger partial charge is 0.371 e. The number of likely N-dealkylation sites (tertiary alicyclic amines) is 1. The molecule has 16 nitrogen and oxygen atoms in total. The van der Waals surface area contributed by atoms with E-state index in [-0.39, 0.29) is 36.5 Å². The van der Waals surface area contributed by atoms with E-state index >= 15 is 0 Å². The number of anilines is 1. The number of nitrogens with zero attached hydrogens (tertiary/aromatic N) is 8. The number of benzene rings is 1. The zero-order chi connectivity index (χ0) is 37.4. The van der Waals surface area contributed by atoms with Crippen LogP contribution < -0.4 is 15.5 Å². The predicted octanol–water partition coefficient (Wildman–Crippen LogP) is 1.97. The molecule has 0 spiro atoms. The van der Waals surface area contributed by atoms with Gasteiger partial charge in [0, 0.05) is 80.6 Å². The molecule has 1 saturated carbocycles. The fourth-order valence-electron chi connectivity index (χ4n) is 8.51. The van der Waals surface area contributed by atoms with Crippen molar-refractivity contribution >= 4 is 46.9 Å². The summed E-state index contributed by atoms with van der Waals surface area (Å²) in [4.78, 5) is 74.0. The van der Waals surface area contributed by atoms with Crippen molar-refractivity contribution < 1.29 is 28.7 Å². The number of ether oxygens (including phenoxy) is 1. The van der Waals surface area contributed by atoms with Gasteiger partial charge in [0.2, 0.25) is 11.8 Å². The quantitative estimate of drug-likeness (QED) is 0.240. The number of carbonyl (C=O) groups excluding carboxylic acids is 5. The van der Waals surface area contributed by atoms with E-state index in [9.17, 15) is 24.0 Å². The van der Waals surface area contributed by atoms with Gasteiger partial charge in [0.25, 0.3) is 17.7 Å². The normalized spacial score (nSPS) is 23.5. The molecule has 16 heteroatoms.